The fraction of sp³-hybridized carbons (Fsp3) is 0.769. The Kier molecular flexibility index (Phi) is 5.20. The second-order valence-electron chi connectivity index (χ2n) is 5.24. The van der Waals surface area contributed by atoms with Gasteiger partial charge in [-0.2, -0.15) is 5.10 Å². The Balaban J connectivity index is 3.12. The standard InChI is InChI=1S/C13H24ClN3O/c1-5-10-12(14)11(17(4)16-10)6-13(7-15,8-18)9(2)3/h9,18H,5-8,15H2,1-4H3. The van der Waals surface area contributed by atoms with Crippen LogP contribution in [0.3, 0.4) is 0 Å². The Morgan fingerprint density at radius 2 is 2.11 bits per heavy atom. The van der Waals surface area contributed by atoms with E-state index in [1.54, 1.807) is 0 Å². The van der Waals surface area contributed by atoms with E-state index in [4.69, 9.17) is 17.3 Å². The van der Waals surface area contributed by atoms with Crippen LogP contribution in [0.25, 0.3) is 0 Å². The molecule has 0 saturated heterocycles. The Labute approximate surface area is 114 Å². The molecule has 18 heavy (non-hydrogen) atoms. The van der Waals surface area contributed by atoms with E-state index >= 15 is 0 Å². The van der Waals surface area contributed by atoms with Crippen LogP contribution in [0.2, 0.25) is 5.02 Å². The summed E-state index contributed by atoms with van der Waals surface area (Å²) in [5.41, 5.74) is 7.41. The number of hydrogen-bond acceptors (Lipinski definition) is 3. The maximum Gasteiger partial charge on any atom is 0.0849 e. The third-order valence-electron chi connectivity index (χ3n) is 3.97. The average molecular weight is 274 g/mol. The largest absolute Gasteiger partial charge is 0.396 e. The number of halogens is 1. The van der Waals surface area contributed by atoms with E-state index in [-0.39, 0.29) is 17.9 Å². The molecule has 0 aromatic carbocycles. The Bertz CT molecular complexity index is 397. The maximum atomic E-state index is 9.70. The van der Waals surface area contributed by atoms with Gasteiger partial charge in [0, 0.05) is 25.4 Å². The van der Waals surface area contributed by atoms with E-state index in [2.05, 4.69) is 18.9 Å². The fourth-order valence-corrected chi connectivity index (χ4v) is 2.52. The Morgan fingerprint density at radius 1 is 1.50 bits per heavy atom. The smallest absolute Gasteiger partial charge is 0.0849 e. The molecule has 0 amide bonds. The van der Waals surface area contributed by atoms with Crippen LogP contribution in [0, 0.1) is 11.3 Å². The number of nitrogens with zero attached hydrogens (tertiary/aromatic N) is 2. The normalized spacial score (nSPS) is 15.1. The zero-order valence-corrected chi connectivity index (χ0v) is 12.5. The zero-order valence-electron chi connectivity index (χ0n) is 11.7. The molecule has 104 valence electrons. The molecule has 0 radical (unpaired) electrons. The van der Waals surface area contributed by atoms with Gasteiger partial charge in [0.2, 0.25) is 0 Å². The molecule has 0 aliphatic heterocycles. The summed E-state index contributed by atoms with van der Waals surface area (Å²) in [7, 11) is 1.89. The van der Waals surface area contributed by atoms with Gasteiger partial charge in [-0.05, 0) is 12.3 Å². The van der Waals surface area contributed by atoms with E-state index in [0.29, 0.717) is 18.0 Å². The number of aliphatic hydroxyl groups is 1. The summed E-state index contributed by atoms with van der Waals surface area (Å²) in [4.78, 5) is 0. The number of hydrogen-bond donors (Lipinski definition) is 2. The van der Waals surface area contributed by atoms with Crippen LogP contribution in [0.5, 0.6) is 0 Å². The Hall–Kier alpha value is -0.580. The van der Waals surface area contributed by atoms with Crippen molar-refractivity contribution in [3.05, 3.63) is 16.4 Å². The molecule has 1 unspecified atom stereocenters. The molecule has 0 bridgehead atoms. The van der Waals surface area contributed by atoms with Crippen LogP contribution in [0.1, 0.15) is 32.2 Å². The summed E-state index contributed by atoms with van der Waals surface area (Å²) in [6.45, 7) is 6.68. The molecule has 1 aromatic heterocycles. The molecule has 0 fully saturated rings. The molecular formula is C13H24ClN3O. The minimum Gasteiger partial charge on any atom is -0.396 e. The molecule has 5 heteroatoms. The van der Waals surface area contributed by atoms with Gasteiger partial charge in [0.25, 0.3) is 0 Å². The van der Waals surface area contributed by atoms with Crippen LogP contribution >= 0.6 is 11.6 Å². The molecule has 1 aromatic rings. The van der Waals surface area contributed by atoms with Gasteiger partial charge in [-0.1, -0.05) is 32.4 Å². The number of nitrogens with two attached hydrogens (primary N) is 1. The van der Waals surface area contributed by atoms with E-state index in [9.17, 15) is 5.11 Å². The number of aryl methyl sites for hydroxylation is 2. The predicted octanol–water partition coefficient (Wildman–Crippen LogP) is 1.77. The molecular weight excluding hydrogens is 250 g/mol. The highest BCUT2D eigenvalue weighted by Gasteiger charge is 2.34. The molecule has 1 heterocycles. The monoisotopic (exact) mass is 273 g/mol. The highest BCUT2D eigenvalue weighted by molar-refractivity contribution is 6.31. The molecule has 4 nitrogen and oxygen atoms in total. The van der Waals surface area contributed by atoms with Gasteiger partial charge < -0.3 is 10.8 Å². The van der Waals surface area contributed by atoms with Crippen molar-refractivity contribution >= 4 is 11.6 Å². The van der Waals surface area contributed by atoms with Crippen LogP contribution in [-0.2, 0) is 19.9 Å². The van der Waals surface area contributed by atoms with Crippen molar-refractivity contribution in [1.82, 2.24) is 9.78 Å². The van der Waals surface area contributed by atoms with Crippen molar-refractivity contribution < 1.29 is 5.11 Å². The lowest BCUT2D eigenvalue weighted by molar-refractivity contribution is 0.0824. The summed E-state index contributed by atoms with van der Waals surface area (Å²) >= 11 is 6.35. The number of aliphatic hydroxyl groups excluding tert-OH is 1. The van der Waals surface area contributed by atoms with Gasteiger partial charge >= 0.3 is 0 Å². The third kappa shape index (κ3) is 2.71. The van der Waals surface area contributed by atoms with Crippen molar-refractivity contribution in [1.29, 1.82) is 0 Å². The van der Waals surface area contributed by atoms with Crippen molar-refractivity contribution in [2.45, 2.75) is 33.6 Å². The lowest BCUT2D eigenvalue weighted by Crippen LogP contribution is -2.41. The van der Waals surface area contributed by atoms with Crippen molar-refractivity contribution in [2.75, 3.05) is 13.2 Å². The highest BCUT2D eigenvalue weighted by Crippen LogP contribution is 2.33. The minimum absolute atomic E-state index is 0.0597. The van der Waals surface area contributed by atoms with E-state index in [1.165, 1.54) is 0 Å². The van der Waals surface area contributed by atoms with Gasteiger partial charge in [-0.25, -0.2) is 0 Å². The van der Waals surface area contributed by atoms with Crippen LogP contribution in [0.15, 0.2) is 0 Å². The fourth-order valence-electron chi connectivity index (χ4n) is 2.16. The van der Waals surface area contributed by atoms with E-state index in [1.807, 2.05) is 18.7 Å². The third-order valence-corrected chi connectivity index (χ3v) is 4.40. The number of aromatic nitrogens is 2. The highest BCUT2D eigenvalue weighted by atomic mass is 35.5. The van der Waals surface area contributed by atoms with Crippen LogP contribution in [-0.4, -0.2) is 28.0 Å². The predicted molar refractivity (Wildman–Crippen MR) is 74.7 cm³/mol. The van der Waals surface area contributed by atoms with Gasteiger partial charge in [0.1, 0.15) is 0 Å². The van der Waals surface area contributed by atoms with Gasteiger partial charge in [-0.3, -0.25) is 4.68 Å². The topological polar surface area (TPSA) is 64.1 Å². The van der Waals surface area contributed by atoms with Crippen molar-refractivity contribution in [2.24, 2.45) is 24.1 Å². The van der Waals surface area contributed by atoms with Gasteiger partial charge in [0.05, 0.1) is 23.0 Å². The summed E-state index contributed by atoms with van der Waals surface area (Å²) in [5, 5.41) is 14.8. The molecule has 0 spiro atoms. The lowest BCUT2D eigenvalue weighted by Gasteiger charge is -2.34. The molecule has 1 atom stereocenters. The zero-order chi connectivity index (χ0) is 13.9. The van der Waals surface area contributed by atoms with E-state index < -0.39 is 0 Å². The first-order valence-electron chi connectivity index (χ1n) is 6.43. The maximum absolute atomic E-state index is 9.70. The Morgan fingerprint density at radius 3 is 2.44 bits per heavy atom. The molecule has 1 rings (SSSR count). The summed E-state index contributed by atoms with van der Waals surface area (Å²) in [6, 6.07) is 0. The summed E-state index contributed by atoms with van der Waals surface area (Å²) in [5.74, 6) is 0.281. The first-order chi connectivity index (χ1) is 8.41. The first kappa shape index (κ1) is 15.5. The van der Waals surface area contributed by atoms with Crippen molar-refractivity contribution in [3.8, 4) is 0 Å². The summed E-state index contributed by atoms with van der Waals surface area (Å²) in [6.07, 6.45) is 1.46. The number of rotatable bonds is 6. The van der Waals surface area contributed by atoms with Gasteiger partial charge in [-0.15, -0.1) is 0 Å². The van der Waals surface area contributed by atoms with Gasteiger partial charge in [0.15, 0.2) is 0 Å². The minimum atomic E-state index is -0.331. The average Bonchev–Trinajstić information content (AvgIpc) is 2.62. The first-order valence-corrected chi connectivity index (χ1v) is 6.80. The molecule has 0 aliphatic rings. The molecule has 0 aliphatic carbocycles. The second-order valence-corrected chi connectivity index (χ2v) is 5.62. The van der Waals surface area contributed by atoms with Crippen LogP contribution in [0.4, 0.5) is 0 Å². The quantitative estimate of drug-likeness (QED) is 0.830. The lowest BCUT2D eigenvalue weighted by atomic mass is 9.74. The molecule has 3 N–H and O–H groups in total. The second kappa shape index (κ2) is 6.04. The van der Waals surface area contributed by atoms with Crippen LogP contribution < -0.4 is 5.73 Å². The molecule has 0 saturated carbocycles. The SMILES string of the molecule is CCc1nn(C)c(CC(CN)(CO)C(C)C)c1Cl. The van der Waals surface area contributed by atoms with E-state index in [0.717, 1.165) is 17.8 Å². The van der Waals surface area contributed by atoms with Crippen molar-refractivity contribution in [3.63, 3.8) is 0 Å². The summed E-state index contributed by atoms with van der Waals surface area (Å²) < 4.78 is 1.81.